The van der Waals surface area contributed by atoms with E-state index >= 15 is 0 Å². The summed E-state index contributed by atoms with van der Waals surface area (Å²) in [6, 6.07) is 16.7. The lowest BCUT2D eigenvalue weighted by Gasteiger charge is -2.34. The summed E-state index contributed by atoms with van der Waals surface area (Å²) in [5.74, 6) is 0.401. The molecule has 130 valence electrons. The van der Waals surface area contributed by atoms with Gasteiger partial charge in [0.25, 0.3) is 0 Å². The van der Waals surface area contributed by atoms with Crippen molar-refractivity contribution in [1.29, 1.82) is 0 Å². The number of hydrogen-bond donors (Lipinski definition) is 0. The molecule has 0 radical (unpaired) electrons. The number of fused-ring (bicyclic) bond motifs is 2. The number of benzene rings is 2. The highest BCUT2D eigenvalue weighted by Crippen LogP contribution is 2.40. The number of hydrogen-bond acceptors (Lipinski definition) is 2. The Balaban J connectivity index is 1.57. The van der Waals surface area contributed by atoms with E-state index in [0.717, 1.165) is 18.5 Å². The van der Waals surface area contributed by atoms with Crippen LogP contribution < -0.4 is 4.74 Å². The van der Waals surface area contributed by atoms with Gasteiger partial charge in [0.15, 0.2) is 0 Å². The quantitative estimate of drug-likeness (QED) is 0.757. The zero-order chi connectivity index (χ0) is 17.2. The minimum Gasteiger partial charge on any atom is -0.494 e. The molecule has 25 heavy (non-hydrogen) atoms. The van der Waals surface area contributed by atoms with Gasteiger partial charge < -0.3 is 4.74 Å². The molecule has 0 N–H and O–H groups in total. The van der Waals surface area contributed by atoms with E-state index in [0.29, 0.717) is 24.4 Å². The maximum absolute atomic E-state index is 14.0. The summed E-state index contributed by atoms with van der Waals surface area (Å²) >= 11 is 0. The van der Waals surface area contributed by atoms with E-state index in [4.69, 9.17) is 4.74 Å². The molecular weight excluding hydrogens is 313 g/mol. The van der Waals surface area contributed by atoms with Crippen LogP contribution in [0.3, 0.4) is 0 Å². The maximum atomic E-state index is 14.0. The lowest BCUT2D eigenvalue weighted by atomic mass is 9.94. The van der Waals surface area contributed by atoms with Crippen molar-refractivity contribution in [1.82, 2.24) is 4.90 Å². The van der Waals surface area contributed by atoms with E-state index in [1.54, 1.807) is 6.07 Å². The molecule has 4 rings (SSSR count). The van der Waals surface area contributed by atoms with Crippen LogP contribution in [0.25, 0.3) is 5.57 Å². The number of ether oxygens (including phenoxy) is 1. The fourth-order valence-electron chi connectivity index (χ4n) is 4.17. The Kier molecular flexibility index (Phi) is 4.58. The van der Waals surface area contributed by atoms with Crippen LogP contribution in [0.4, 0.5) is 4.39 Å². The van der Waals surface area contributed by atoms with Crippen LogP contribution >= 0.6 is 0 Å². The summed E-state index contributed by atoms with van der Waals surface area (Å²) in [6.07, 6.45) is 5.73. The van der Waals surface area contributed by atoms with Gasteiger partial charge in [0, 0.05) is 24.7 Å². The first-order valence-electron chi connectivity index (χ1n) is 9.17. The van der Waals surface area contributed by atoms with E-state index in [9.17, 15) is 4.39 Å². The van der Waals surface area contributed by atoms with Crippen molar-refractivity contribution < 1.29 is 9.13 Å². The molecule has 2 unspecified atom stereocenters. The predicted molar refractivity (Wildman–Crippen MR) is 99.0 cm³/mol. The molecule has 2 atom stereocenters. The Morgan fingerprint density at radius 2 is 1.96 bits per heavy atom. The normalized spacial score (nSPS) is 22.7. The molecule has 0 aromatic heterocycles. The summed E-state index contributed by atoms with van der Waals surface area (Å²) in [5.41, 5.74) is 3.60. The second kappa shape index (κ2) is 7.01. The van der Waals surface area contributed by atoms with Gasteiger partial charge in [-0.25, -0.2) is 4.39 Å². The Morgan fingerprint density at radius 1 is 1.12 bits per heavy atom. The van der Waals surface area contributed by atoms with Crippen molar-refractivity contribution in [2.45, 2.75) is 44.8 Å². The summed E-state index contributed by atoms with van der Waals surface area (Å²) in [7, 11) is 0. The van der Waals surface area contributed by atoms with Crippen LogP contribution in [0.2, 0.25) is 0 Å². The van der Waals surface area contributed by atoms with Gasteiger partial charge in [0.05, 0.1) is 6.61 Å². The monoisotopic (exact) mass is 337 g/mol. The third-order valence-corrected chi connectivity index (χ3v) is 5.30. The summed E-state index contributed by atoms with van der Waals surface area (Å²) in [5, 5.41) is 0. The Labute approximate surface area is 148 Å². The molecule has 0 spiro atoms. The lowest BCUT2D eigenvalue weighted by Crippen LogP contribution is -2.37. The van der Waals surface area contributed by atoms with Crippen LogP contribution in [0.15, 0.2) is 54.6 Å². The van der Waals surface area contributed by atoms with Crippen LogP contribution in [0.1, 0.15) is 37.3 Å². The molecule has 2 aliphatic rings. The third kappa shape index (κ3) is 3.47. The smallest absolute Gasteiger partial charge is 0.127 e. The molecule has 1 fully saturated rings. The fraction of sp³-hybridized carbons (Fsp3) is 0.364. The van der Waals surface area contributed by atoms with Crippen molar-refractivity contribution >= 4 is 5.57 Å². The average molecular weight is 337 g/mol. The van der Waals surface area contributed by atoms with Gasteiger partial charge in [-0.05, 0) is 55.0 Å². The van der Waals surface area contributed by atoms with Crippen molar-refractivity contribution in [3.05, 3.63) is 71.6 Å². The Morgan fingerprint density at radius 3 is 2.72 bits per heavy atom. The van der Waals surface area contributed by atoms with E-state index in [1.807, 2.05) is 13.0 Å². The predicted octanol–water partition coefficient (Wildman–Crippen LogP) is 5.04. The Hall–Kier alpha value is -2.13. The van der Waals surface area contributed by atoms with Crippen molar-refractivity contribution in [2.24, 2.45) is 0 Å². The highest BCUT2D eigenvalue weighted by molar-refractivity contribution is 5.69. The van der Waals surface area contributed by atoms with Gasteiger partial charge in [-0.3, -0.25) is 4.90 Å². The third-order valence-electron chi connectivity index (χ3n) is 5.30. The molecule has 0 amide bonds. The second-order valence-electron chi connectivity index (χ2n) is 6.96. The SMILES string of the molecule is CCOc1cc(F)cc(C2=CC3CCC(C2)N3Cc2ccccc2)c1. The largest absolute Gasteiger partial charge is 0.494 e. The fourth-order valence-corrected chi connectivity index (χ4v) is 4.17. The number of halogens is 1. The first kappa shape index (κ1) is 16.3. The van der Waals surface area contributed by atoms with Crippen molar-refractivity contribution in [3.63, 3.8) is 0 Å². The van der Waals surface area contributed by atoms with Crippen LogP contribution in [0, 0.1) is 5.82 Å². The molecule has 1 saturated heterocycles. The minimum absolute atomic E-state index is 0.221. The average Bonchev–Trinajstić information content (AvgIpc) is 2.84. The lowest BCUT2D eigenvalue weighted by molar-refractivity contribution is 0.203. The molecule has 2 aromatic rings. The van der Waals surface area contributed by atoms with E-state index in [1.165, 1.54) is 30.0 Å². The first-order valence-corrected chi connectivity index (χ1v) is 9.17. The first-order chi connectivity index (χ1) is 12.2. The topological polar surface area (TPSA) is 12.5 Å². The summed E-state index contributed by atoms with van der Waals surface area (Å²) in [4.78, 5) is 2.60. The zero-order valence-electron chi connectivity index (χ0n) is 14.6. The van der Waals surface area contributed by atoms with Gasteiger partial charge in [-0.1, -0.05) is 36.4 Å². The zero-order valence-corrected chi connectivity index (χ0v) is 14.6. The van der Waals surface area contributed by atoms with E-state index in [2.05, 4.69) is 41.3 Å². The van der Waals surface area contributed by atoms with Crippen LogP contribution in [0.5, 0.6) is 5.75 Å². The molecule has 2 aliphatic heterocycles. The molecular formula is C22H24FNO. The molecule has 2 aromatic carbocycles. The van der Waals surface area contributed by atoms with Gasteiger partial charge in [0.2, 0.25) is 0 Å². The molecule has 0 saturated carbocycles. The molecule has 2 nitrogen and oxygen atoms in total. The number of rotatable bonds is 5. The van der Waals surface area contributed by atoms with Crippen molar-refractivity contribution in [3.8, 4) is 5.75 Å². The molecule has 3 heteroatoms. The van der Waals surface area contributed by atoms with Crippen LogP contribution in [-0.4, -0.2) is 23.6 Å². The second-order valence-corrected chi connectivity index (χ2v) is 6.96. The van der Waals surface area contributed by atoms with Gasteiger partial charge in [-0.2, -0.15) is 0 Å². The number of nitrogens with zero attached hydrogens (tertiary/aromatic N) is 1. The molecule has 2 heterocycles. The van der Waals surface area contributed by atoms with Gasteiger partial charge >= 0.3 is 0 Å². The van der Waals surface area contributed by atoms with Crippen LogP contribution in [-0.2, 0) is 6.54 Å². The van der Waals surface area contributed by atoms with E-state index in [-0.39, 0.29) is 5.82 Å². The minimum atomic E-state index is -0.221. The molecule has 2 bridgehead atoms. The molecule has 0 aliphatic carbocycles. The summed E-state index contributed by atoms with van der Waals surface area (Å²) in [6.45, 7) is 3.47. The van der Waals surface area contributed by atoms with E-state index < -0.39 is 0 Å². The van der Waals surface area contributed by atoms with Crippen molar-refractivity contribution in [2.75, 3.05) is 6.61 Å². The summed E-state index contributed by atoms with van der Waals surface area (Å²) < 4.78 is 19.5. The highest BCUT2D eigenvalue weighted by Gasteiger charge is 2.36. The maximum Gasteiger partial charge on any atom is 0.127 e. The standard InChI is InChI=1S/C22H24FNO/c1-2-25-22-13-17(10-19(23)14-22)18-11-20-8-9-21(12-18)24(20)15-16-6-4-3-5-7-16/h3-7,10-11,13-14,20-21H,2,8-9,12,15H2,1H3. The van der Waals surface area contributed by atoms with Gasteiger partial charge in [-0.15, -0.1) is 0 Å². The van der Waals surface area contributed by atoms with Gasteiger partial charge in [0.1, 0.15) is 11.6 Å². The Bertz CT molecular complexity index is 771. The highest BCUT2D eigenvalue weighted by atomic mass is 19.1.